The van der Waals surface area contributed by atoms with E-state index < -0.39 is 6.98 Å². The monoisotopic (exact) mass is 230 g/mol. The lowest BCUT2D eigenvalue weighted by atomic mass is 10.2. The van der Waals surface area contributed by atoms with E-state index in [4.69, 9.17) is 9.85 Å². The number of nitrogens with zero attached hydrogens (tertiary/aromatic N) is 4. The molecule has 0 bridgehead atoms. The SMILES string of the molecule is [2H]C([2H])([2H])n1c(N)nc2c3nc(C)c(C)nc3ccc21. The molecule has 2 aromatic heterocycles. The van der Waals surface area contributed by atoms with Crippen LogP contribution in [0.5, 0.6) is 0 Å². The van der Waals surface area contributed by atoms with Crippen LogP contribution in [0.1, 0.15) is 15.5 Å². The van der Waals surface area contributed by atoms with Gasteiger partial charge in [-0.1, -0.05) is 0 Å². The van der Waals surface area contributed by atoms with Crippen LogP contribution >= 0.6 is 0 Å². The topological polar surface area (TPSA) is 69.6 Å². The van der Waals surface area contributed by atoms with Crippen molar-refractivity contribution in [2.24, 2.45) is 6.98 Å². The molecule has 86 valence electrons. The van der Waals surface area contributed by atoms with E-state index in [1.165, 1.54) is 0 Å². The van der Waals surface area contributed by atoms with Gasteiger partial charge in [-0.2, -0.15) is 0 Å². The van der Waals surface area contributed by atoms with Crippen molar-refractivity contribution in [2.75, 3.05) is 5.73 Å². The number of hydrogen-bond donors (Lipinski definition) is 1. The van der Waals surface area contributed by atoms with Gasteiger partial charge in [0.05, 0.1) is 22.4 Å². The van der Waals surface area contributed by atoms with Crippen LogP contribution in [0, 0.1) is 13.8 Å². The van der Waals surface area contributed by atoms with Gasteiger partial charge in [0.1, 0.15) is 11.0 Å². The number of rotatable bonds is 0. The summed E-state index contributed by atoms with van der Waals surface area (Å²) in [6, 6.07) is 3.40. The minimum absolute atomic E-state index is 0.0486. The van der Waals surface area contributed by atoms with Gasteiger partial charge in [-0.25, -0.2) is 15.0 Å². The third-order valence-electron chi connectivity index (χ3n) is 2.90. The molecule has 2 N–H and O–H groups in total. The maximum atomic E-state index is 7.54. The van der Waals surface area contributed by atoms with Crippen molar-refractivity contribution >= 4 is 28.0 Å². The van der Waals surface area contributed by atoms with E-state index >= 15 is 0 Å². The first-order valence-corrected chi connectivity index (χ1v) is 5.21. The second-order valence-corrected chi connectivity index (χ2v) is 4.00. The largest absolute Gasteiger partial charge is 0.369 e. The van der Waals surface area contributed by atoms with Crippen LogP contribution in [0.15, 0.2) is 12.1 Å². The molecule has 3 aromatic rings. The molecule has 2 heterocycles. The van der Waals surface area contributed by atoms with Crippen molar-refractivity contribution in [1.29, 1.82) is 0 Å². The summed E-state index contributed by atoms with van der Waals surface area (Å²) in [5, 5.41) is 0. The van der Waals surface area contributed by atoms with Crippen molar-refractivity contribution in [3.63, 3.8) is 0 Å². The van der Waals surface area contributed by atoms with E-state index in [1.807, 2.05) is 13.8 Å². The van der Waals surface area contributed by atoms with Gasteiger partial charge < -0.3 is 10.3 Å². The normalized spacial score (nSPS) is 14.8. The molecule has 5 heteroatoms. The van der Waals surface area contributed by atoms with Crippen LogP contribution in [0.25, 0.3) is 22.1 Å². The quantitative estimate of drug-likeness (QED) is 0.638. The zero-order valence-electron chi connectivity index (χ0n) is 12.5. The first-order chi connectivity index (χ1) is 9.29. The second-order valence-electron chi connectivity index (χ2n) is 4.00. The predicted molar refractivity (Wildman–Crippen MR) is 67.7 cm³/mol. The lowest BCUT2D eigenvalue weighted by molar-refractivity contribution is 0.965. The van der Waals surface area contributed by atoms with Gasteiger partial charge in [0.25, 0.3) is 0 Å². The Morgan fingerprint density at radius 1 is 1.12 bits per heavy atom. The van der Waals surface area contributed by atoms with E-state index in [0.29, 0.717) is 22.1 Å². The lowest BCUT2D eigenvalue weighted by Gasteiger charge is -2.03. The molecule has 0 saturated heterocycles. The minimum Gasteiger partial charge on any atom is -0.369 e. The van der Waals surface area contributed by atoms with Crippen molar-refractivity contribution in [3.05, 3.63) is 23.5 Å². The second kappa shape index (κ2) is 3.16. The van der Waals surface area contributed by atoms with E-state index in [9.17, 15) is 0 Å². The Morgan fingerprint density at radius 2 is 1.88 bits per heavy atom. The fourth-order valence-electron chi connectivity index (χ4n) is 1.85. The highest BCUT2D eigenvalue weighted by Crippen LogP contribution is 2.24. The summed E-state index contributed by atoms with van der Waals surface area (Å²) in [4.78, 5) is 13.1. The molecule has 0 amide bonds. The number of fused-ring (bicyclic) bond motifs is 3. The average molecular weight is 230 g/mol. The van der Waals surface area contributed by atoms with Crippen LogP contribution in [0.2, 0.25) is 0 Å². The molecular weight excluding hydrogens is 214 g/mol. The molecule has 0 spiro atoms. The summed E-state index contributed by atoms with van der Waals surface area (Å²) < 4.78 is 23.7. The van der Waals surface area contributed by atoms with Crippen LogP contribution < -0.4 is 5.73 Å². The number of imidazole rings is 1. The van der Waals surface area contributed by atoms with Gasteiger partial charge in [-0.3, -0.25) is 0 Å². The highest BCUT2D eigenvalue weighted by Gasteiger charge is 2.11. The summed E-state index contributed by atoms with van der Waals surface area (Å²) >= 11 is 0. The van der Waals surface area contributed by atoms with Gasteiger partial charge in [-0.05, 0) is 26.0 Å². The predicted octanol–water partition coefficient (Wildman–Crippen LogP) is 1.72. The third-order valence-corrected chi connectivity index (χ3v) is 2.90. The Morgan fingerprint density at radius 3 is 2.65 bits per heavy atom. The van der Waals surface area contributed by atoms with E-state index in [2.05, 4.69) is 15.0 Å². The summed E-state index contributed by atoms with van der Waals surface area (Å²) in [5.74, 6) is -0.0486. The Balaban J connectivity index is 2.48. The molecular formula is C12H13N5. The number of aromatic nitrogens is 4. The summed E-state index contributed by atoms with van der Waals surface area (Å²) in [7, 11) is 0. The van der Waals surface area contributed by atoms with Gasteiger partial charge >= 0.3 is 0 Å². The van der Waals surface area contributed by atoms with Crippen LogP contribution in [-0.4, -0.2) is 19.5 Å². The van der Waals surface area contributed by atoms with Crippen LogP contribution in [0.3, 0.4) is 0 Å². The van der Waals surface area contributed by atoms with E-state index in [1.54, 1.807) is 12.1 Å². The first-order valence-electron chi connectivity index (χ1n) is 6.71. The number of aryl methyl sites for hydroxylation is 3. The fraction of sp³-hybridized carbons (Fsp3) is 0.250. The van der Waals surface area contributed by atoms with E-state index in [-0.39, 0.29) is 5.95 Å². The molecule has 0 radical (unpaired) electrons. The first kappa shape index (κ1) is 7.21. The average Bonchev–Trinajstić information content (AvgIpc) is 2.67. The number of anilines is 1. The van der Waals surface area contributed by atoms with Crippen molar-refractivity contribution in [1.82, 2.24) is 19.5 Å². The van der Waals surface area contributed by atoms with Gasteiger partial charge in [-0.15, -0.1) is 0 Å². The lowest BCUT2D eigenvalue weighted by Crippen LogP contribution is -1.96. The molecule has 3 rings (SSSR count). The maximum Gasteiger partial charge on any atom is 0.201 e. The Bertz CT molecular complexity index is 835. The number of nitrogen functional groups attached to an aromatic ring is 1. The fourth-order valence-corrected chi connectivity index (χ4v) is 1.85. The van der Waals surface area contributed by atoms with Gasteiger partial charge in [0.15, 0.2) is 0 Å². The number of nitrogens with two attached hydrogens (primary N) is 1. The Labute approximate surface area is 103 Å². The minimum atomic E-state index is -2.38. The van der Waals surface area contributed by atoms with Crippen molar-refractivity contribution in [3.8, 4) is 0 Å². The highest BCUT2D eigenvalue weighted by atomic mass is 15.1. The molecule has 1 aromatic carbocycles. The van der Waals surface area contributed by atoms with Crippen LogP contribution in [0.4, 0.5) is 5.95 Å². The highest BCUT2D eigenvalue weighted by molar-refractivity contribution is 6.01. The number of benzene rings is 1. The Kier molecular flexibility index (Phi) is 1.34. The molecule has 0 saturated carbocycles. The zero-order chi connectivity index (χ0) is 14.7. The number of hydrogen-bond acceptors (Lipinski definition) is 4. The molecule has 0 aliphatic heterocycles. The molecule has 0 fully saturated rings. The molecule has 0 aliphatic carbocycles. The summed E-state index contributed by atoms with van der Waals surface area (Å²) in [6.45, 7) is 1.35. The third kappa shape index (κ3) is 1.28. The molecule has 0 atom stereocenters. The Hall–Kier alpha value is -2.17. The maximum absolute atomic E-state index is 7.54. The van der Waals surface area contributed by atoms with Crippen LogP contribution in [-0.2, 0) is 6.98 Å². The van der Waals surface area contributed by atoms with Gasteiger partial charge in [0.2, 0.25) is 5.95 Å². The van der Waals surface area contributed by atoms with E-state index in [0.717, 1.165) is 16.0 Å². The van der Waals surface area contributed by atoms with Crippen molar-refractivity contribution in [2.45, 2.75) is 13.8 Å². The molecule has 0 unspecified atom stereocenters. The summed E-state index contributed by atoms with van der Waals surface area (Å²) in [5.41, 5.74) is 9.51. The molecule has 5 nitrogen and oxygen atoms in total. The van der Waals surface area contributed by atoms with Gasteiger partial charge in [0, 0.05) is 11.1 Å². The molecule has 0 aliphatic rings. The standard InChI is InChI=1S/C12H13N5/c1-6-7(2)15-10-8(14-6)4-5-9-11(10)16-12(13)17(9)3/h4-5H,1-3H3,(H2,13,16)/i3D3. The smallest absolute Gasteiger partial charge is 0.201 e. The zero-order valence-corrected chi connectivity index (χ0v) is 9.52. The summed E-state index contributed by atoms with van der Waals surface area (Å²) in [6.07, 6.45) is 0. The van der Waals surface area contributed by atoms with Crippen molar-refractivity contribution < 1.29 is 4.11 Å². The molecule has 17 heavy (non-hydrogen) atoms.